The first-order chi connectivity index (χ1) is 30.0. The maximum absolute atomic E-state index is 13.9. The lowest BCUT2D eigenvalue weighted by Gasteiger charge is -2.37. The fourth-order valence-corrected chi connectivity index (χ4v) is 8.16. The minimum atomic E-state index is -3.16. The number of amides is 6. The van der Waals surface area contributed by atoms with Crippen LogP contribution in [-0.4, -0.2) is 225 Å². The first-order valence-electron chi connectivity index (χ1n) is 21.2. The molecule has 3 saturated heterocycles. The number of rotatable bonds is 16. The van der Waals surface area contributed by atoms with E-state index in [1.54, 1.807) is 12.1 Å². The van der Waals surface area contributed by atoms with Crippen LogP contribution >= 0.6 is 0 Å². The van der Waals surface area contributed by atoms with Crippen LogP contribution in [0, 0.1) is 11.3 Å². The summed E-state index contributed by atoms with van der Waals surface area (Å²) in [7, 11) is 1.95. The number of nitrogens with one attached hydrogen (secondary N) is 1. The van der Waals surface area contributed by atoms with Gasteiger partial charge >= 0.3 is 0 Å². The summed E-state index contributed by atoms with van der Waals surface area (Å²) in [6, 6.07) is 7.57. The van der Waals surface area contributed by atoms with Gasteiger partial charge in [0.15, 0.2) is 0 Å². The number of halogens is 2. The number of pyridine rings is 1. The Balaban J connectivity index is 1.10. The second kappa shape index (κ2) is 22.7. The third-order valence-electron chi connectivity index (χ3n) is 11.7. The summed E-state index contributed by atoms with van der Waals surface area (Å²) >= 11 is 0. The predicted octanol–water partition coefficient (Wildman–Crippen LogP) is -2.63. The van der Waals surface area contributed by atoms with E-state index < -0.39 is 61.0 Å². The molecule has 20 nitrogen and oxygen atoms in total. The van der Waals surface area contributed by atoms with Gasteiger partial charge in [-0.2, -0.15) is 5.26 Å². The van der Waals surface area contributed by atoms with Crippen LogP contribution in [0.4, 0.5) is 14.5 Å². The zero-order valence-electron chi connectivity index (χ0n) is 35.9. The molecule has 22 heteroatoms. The summed E-state index contributed by atoms with van der Waals surface area (Å²) in [6.07, 6.45) is 1.57. The number of aromatic nitrogens is 1. The van der Waals surface area contributed by atoms with Gasteiger partial charge in [0.1, 0.15) is 6.04 Å². The number of nitrogens with zero attached hydrogens (tertiary/aromatic N) is 10. The molecule has 0 spiro atoms. The Bertz CT molecular complexity index is 1960. The van der Waals surface area contributed by atoms with Crippen LogP contribution < -0.4 is 27.4 Å². The van der Waals surface area contributed by atoms with E-state index in [0.29, 0.717) is 96.0 Å². The molecule has 1 aromatic heterocycles. The average Bonchev–Trinajstić information content (AvgIpc) is 3.57. The molecule has 0 aliphatic carbocycles. The van der Waals surface area contributed by atoms with E-state index in [-0.39, 0.29) is 37.6 Å². The molecule has 4 heterocycles. The number of nitriles is 1. The lowest BCUT2D eigenvalue weighted by atomic mass is 10.1. The molecule has 1 atom stereocenters. The van der Waals surface area contributed by atoms with E-state index in [9.17, 15) is 42.8 Å². The number of alkyl halides is 2. The maximum atomic E-state index is 13.9. The summed E-state index contributed by atoms with van der Waals surface area (Å²) in [5.41, 5.74) is 18.2. The topological polar surface area (TPSA) is 255 Å². The van der Waals surface area contributed by atoms with E-state index >= 15 is 0 Å². The molecule has 63 heavy (non-hydrogen) atoms. The molecule has 3 aliphatic rings. The highest BCUT2D eigenvalue weighted by Gasteiger charge is 2.47. The van der Waals surface area contributed by atoms with Crippen LogP contribution in [0.25, 0.3) is 10.9 Å². The van der Waals surface area contributed by atoms with E-state index in [2.05, 4.69) is 20.1 Å². The van der Waals surface area contributed by atoms with Crippen LogP contribution in [0.1, 0.15) is 23.2 Å². The van der Waals surface area contributed by atoms with Crippen molar-refractivity contribution >= 4 is 52.0 Å². The van der Waals surface area contributed by atoms with Crippen LogP contribution in [0.15, 0.2) is 30.5 Å². The number of likely N-dealkylation sites (tertiary alicyclic amines) is 1. The van der Waals surface area contributed by atoms with Crippen molar-refractivity contribution in [2.24, 2.45) is 17.2 Å². The van der Waals surface area contributed by atoms with E-state index in [0.717, 1.165) is 23.6 Å². The van der Waals surface area contributed by atoms with Gasteiger partial charge in [-0.05, 0) is 37.2 Å². The maximum Gasteiger partial charge on any atom is 0.268 e. The minimum absolute atomic E-state index is 0.00802. The normalized spacial score (nSPS) is 20.1. The lowest BCUT2D eigenvalue weighted by Crippen LogP contribution is -2.53. The SMILES string of the molecule is CN(CCCN1CCN(C(=O)CN2CCN(CC(N)=O)CCN(CC(N)=O)CCN(CC(N)=O)CC2)CC1)c1ccc2nccc(C(=O)NCC(=O)N3CC(F)(F)C[C@H]3C#N)c2c1. The number of hydrogen-bond acceptors (Lipinski definition) is 14. The average molecular weight is 883 g/mol. The largest absolute Gasteiger partial charge is 0.375 e. The Morgan fingerprint density at radius 1 is 0.778 bits per heavy atom. The lowest BCUT2D eigenvalue weighted by molar-refractivity contribution is -0.134. The molecule has 0 bridgehead atoms. The zero-order valence-corrected chi connectivity index (χ0v) is 35.9. The van der Waals surface area contributed by atoms with Crippen molar-refractivity contribution in [2.75, 3.05) is 143 Å². The quantitative estimate of drug-likeness (QED) is 0.135. The number of piperazine rings is 1. The fraction of sp³-hybridized carbons (Fsp3) is 0.610. The number of anilines is 1. The van der Waals surface area contributed by atoms with Gasteiger partial charge in [-0.15, -0.1) is 0 Å². The molecule has 0 radical (unpaired) electrons. The van der Waals surface area contributed by atoms with Gasteiger partial charge in [-0.1, -0.05) is 0 Å². The van der Waals surface area contributed by atoms with Gasteiger partial charge in [0.2, 0.25) is 29.5 Å². The van der Waals surface area contributed by atoms with Crippen molar-refractivity contribution in [3.8, 4) is 6.07 Å². The zero-order chi connectivity index (χ0) is 45.7. The third-order valence-corrected chi connectivity index (χ3v) is 11.7. The highest BCUT2D eigenvalue weighted by Crippen LogP contribution is 2.31. The molecular formula is C41H60F2N14O6. The molecule has 0 unspecified atom stereocenters. The van der Waals surface area contributed by atoms with Gasteiger partial charge in [0.05, 0.1) is 56.4 Å². The van der Waals surface area contributed by atoms with Crippen molar-refractivity contribution in [3.63, 3.8) is 0 Å². The molecule has 2 aromatic rings. The van der Waals surface area contributed by atoms with Crippen molar-refractivity contribution in [1.29, 1.82) is 5.26 Å². The fourth-order valence-electron chi connectivity index (χ4n) is 8.16. The van der Waals surface area contributed by atoms with E-state index in [4.69, 9.17) is 17.2 Å². The number of primary amides is 3. The van der Waals surface area contributed by atoms with Gasteiger partial charge in [-0.3, -0.25) is 58.3 Å². The van der Waals surface area contributed by atoms with E-state index in [1.807, 2.05) is 43.7 Å². The highest BCUT2D eigenvalue weighted by atomic mass is 19.3. The molecule has 0 saturated carbocycles. The number of nitrogens with two attached hydrogens (primary N) is 3. The number of benzene rings is 1. The smallest absolute Gasteiger partial charge is 0.268 e. The molecule has 5 rings (SSSR count). The number of fused-ring (bicyclic) bond motifs is 1. The second-order valence-corrected chi connectivity index (χ2v) is 16.5. The Kier molecular flexibility index (Phi) is 17.4. The van der Waals surface area contributed by atoms with Crippen LogP contribution in [0.2, 0.25) is 0 Å². The van der Waals surface area contributed by atoms with Crippen molar-refractivity contribution in [2.45, 2.75) is 24.8 Å². The Morgan fingerprint density at radius 3 is 1.83 bits per heavy atom. The number of carbonyl (C=O) groups excluding carboxylic acids is 6. The molecule has 3 fully saturated rings. The molecular weight excluding hydrogens is 823 g/mol. The first-order valence-corrected chi connectivity index (χ1v) is 21.2. The van der Waals surface area contributed by atoms with Gasteiger partial charge < -0.3 is 37.2 Å². The number of hydrogen-bond donors (Lipinski definition) is 4. The standard InChI is InChI=1S/C41H60F2N14O6/c1-50(30-3-4-34-33(21-30)32(5-6-48-34)40(63)49-24-38(61)57-29-41(42,43)22-31(57)23-44)7-2-8-51-17-19-56(20-18-51)39(62)28-55-15-13-53(26-36(46)59)11-9-52(25-35(45)58)10-12-54(14-16-55)27-37(47)60/h3-6,21,31H,2,7-20,22,24-29H2,1H3,(H2,45,58)(H2,46,59)(H2,47,60)(H,49,63)/t31-/m0/s1. The Hall–Kier alpha value is -5.60. The van der Waals surface area contributed by atoms with Crippen molar-refractivity contribution in [3.05, 3.63) is 36.0 Å². The monoisotopic (exact) mass is 882 g/mol. The summed E-state index contributed by atoms with van der Waals surface area (Å²) in [6.45, 7) is 6.60. The van der Waals surface area contributed by atoms with Gasteiger partial charge in [-0.25, -0.2) is 8.78 Å². The molecule has 7 N–H and O–H groups in total. The van der Waals surface area contributed by atoms with Gasteiger partial charge in [0.25, 0.3) is 11.8 Å². The summed E-state index contributed by atoms with van der Waals surface area (Å²) in [4.78, 5) is 94.2. The van der Waals surface area contributed by atoms with Crippen LogP contribution in [-0.2, 0) is 24.0 Å². The molecule has 1 aromatic carbocycles. The summed E-state index contributed by atoms with van der Waals surface area (Å²) < 4.78 is 27.7. The minimum Gasteiger partial charge on any atom is -0.375 e. The van der Waals surface area contributed by atoms with E-state index in [1.165, 1.54) is 12.3 Å². The summed E-state index contributed by atoms with van der Waals surface area (Å²) in [5, 5.41) is 12.3. The van der Waals surface area contributed by atoms with Crippen LogP contribution in [0.3, 0.4) is 0 Å². The highest BCUT2D eigenvalue weighted by molar-refractivity contribution is 6.07. The Morgan fingerprint density at radius 2 is 1.30 bits per heavy atom. The van der Waals surface area contributed by atoms with Crippen molar-refractivity contribution < 1.29 is 37.5 Å². The second-order valence-electron chi connectivity index (χ2n) is 16.5. The summed E-state index contributed by atoms with van der Waals surface area (Å²) in [5.74, 6) is -5.93. The predicted molar refractivity (Wildman–Crippen MR) is 229 cm³/mol. The Labute approximate surface area is 365 Å². The molecule has 344 valence electrons. The molecule has 3 aliphatic heterocycles. The number of carbonyl (C=O) groups is 6. The van der Waals surface area contributed by atoms with Crippen LogP contribution in [0.5, 0.6) is 0 Å². The van der Waals surface area contributed by atoms with Gasteiger partial charge in [0, 0.05) is 116 Å². The van der Waals surface area contributed by atoms with Crippen molar-refractivity contribution in [1.82, 2.24) is 44.6 Å². The first kappa shape index (κ1) is 48.4. The molecule has 6 amide bonds. The third kappa shape index (κ3) is 14.7.